The van der Waals surface area contributed by atoms with Gasteiger partial charge in [-0.1, -0.05) is 24.3 Å². The Kier molecular flexibility index (Phi) is 2.98. The average Bonchev–Trinajstić information content (AvgIpc) is 3.02. The second kappa shape index (κ2) is 5.14. The van der Waals surface area contributed by atoms with Crippen LogP contribution in [0.2, 0.25) is 0 Å². The smallest absolute Gasteiger partial charge is 0.163 e. The molecular formula is C18H15N5. The summed E-state index contributed by atoms with van der Waals surface area (Å²) in [6, 6.07) is 15.3. The van der Waals surface area contributed by atoms with Crippen LogP contribution in [0, 0.1) is 0 Å². The molecule has 23 heavy (non-hydrogen) atoms. The molecule has 0 aliphatic heterocycles. The maximum atomic E-state index is 5.91. The summed E-state index contributed by atoms with van der Waals surface area (Å²) in [5.41, 5.74) is 17.5. The number of benzene rings is 2. The Balaban J connectivity index is 1.98. The van der Waals surface area contributed by atoms with Crippen molar-refractivity contribution < 1.29 is 0 Å². The van der Waals surface area contributed by atoms with E-state index in [1.165, 1.54) is 0 Å². The van der Waals surface area contributed by atoms with Crippen LogP contribution in [0.15, 0.2) is 67.1 Å². The second-order valence-corrected chi connectivity index (χ2v) is 5.38. The number of aromatic nitrogens is 3. The number of hydrogen-bond donors (Lipinski definition) is 2. The first-order valence-electron chi connectivity index (χ1n) is 7.26. The highest BCUT2D eigenvalue weighted by atomic mass is 15.0. The number of nitrogens with two attached hydrogens (primary N) is 2. The number of nitrogen functional groups attached to an aromatic ring is 2. The molecule has 0 bridgehead atoms. The molecule has 4 N–H and O–H groups in total. The largest absolute Gasteiger partial charge is 0.399 e. The van der Waals surface area contributed by atoms with Crippen molar-refractivity contribution in [2.75, 3.05) is 11.5 Å². The highest BCUT2D eigenvalue weighted by Crippen LogP contribution is 2.27. The van der Waals surface area contributed by atoms with Crippen molar-refractivity contribution >= 4 is 17.0 Å². The molecule has 0 fully saturated rings. The van der Waals surface area contributed by atoms with E-state index in [2.05, 4.69) is 4.98 Å². The fourth-order valence-corrected chi connectivity index (χ4v) is 2.65. The molecule has 0 spiro atoms. The number of imidazole rings is 1. The fourth-order valence-electron chi connectivity index (χ4n) is 2.65. The first-order valence-corrected chi connectivity index (χ1v) is 7.26. The van der Waals surface area contributed by atoms with E-state index in [4.69, 9.17) is 16.5 Å². The van der Waals surface area contributed by atoms with Gasteiger partial charge in [0.2, 0.25) is 0 Å². The summed E-state index contributed by atoms with van der Waals surface area (Å²) in [7, 11) is 0. The van der Waals surface area contributed by atoms with Gasteiger partial charge in [-0.3, -0.25) is 0 Å². The van der Waals surface area contributed by atoms with Crippen LogP contribution < -0.4 is 11.5 Å². The number of rotatable bonds is 2. The molecule has 4 aromatic rings. The molecule has 0 atom stereocenters. The Morgan fingerprint density at radius 2 is 1.57 bits per heavy atom. The van der Waals surface area contributed by atoms with Gasteiger partial charge in [0, 0.05) is 41.1 Å². The van der Waals surface area contributed by atoms with Gasteiger partial charge < -0.3 is 15.9 Å². The Hall–Kier alpha value is -3.34. The molecule has 2 aromatic carbocycles. The maximum Gasteiger partial charge on any atom is 0.163 e. The van der Waals surface area contributed by atoms with E-state index in [1.807, 2.05) is 65.3 Å². The summed E-state index contributed by atoms with van der Waals surface area (Å²) in [5.74, 6) is 0. The lowest BCUT2D eigenvalue weighted by Crippen LogP contribution is -1.97. The molecule has 0 aliphatic rings. The van der Waals surface area contributed by atoms with Crippen LogP contribution in [-0.4, -0.2) is 14.4 Å². The highest BCUT2D eigenvalue weighted by molar-refractivity contribution is 5.78. The molecule has 0 saturated heterocycles. The normalized spacial score (nSPS) is 11.0. The summed E-state index contributed by atoms with van der Waals surface area (Å²) in [4.78, 5) is 9.21. The molecule has 0 aliphatic carbocycles. The van der Waals surface area contributed by atoms with Gasteiger partial charge in [0.1, 0.15) is 5.69 Å². The minimum absolute atomic E-state index is 0.698. The van der Waals surface area contributed by atoms with E-state index in [0.29, 0.717) is 11.4 Å². The van der Waals surface area contributed by atoms with Gasteiger partial charge in [0.25, 0.3) is 0 Å². The van der Waals surface area contributed by atoms with Crippen LogP contribution >= 0.6 is 0 Å². The quantitative estimate of drug-likeness (QED) is 0.557. The van der Waals surface area contributed by atoms with Gasteiger partial charge in [-0.15, -0.1) is 0 Å². The number of fused-ring (bicyclic) bond motifs is 1. The zero-order chi connectivity index (χ0) is 15.8. The first-order chi connectivity index (χ1) is 11.2. The average molecular weight is 301 g/mol. The SMILES string of the molecule is Nc1cccc(-c2cn3ccnc3c(-c3cccc(N)c3)n2)c1. The number of hydrogen-bond acceptors (Lipinski definition) is 4. The lowest BCUT2D eigenvalue weighted by atomic mass is 10.1. The second-order valence-electron chi connectivity index (χ2n) is 5.38. The zero-order valence-corrected chi connectivity index (χ0v) is 12.3. The van der Waals surface area contributed by atoms with Crippen LogP contribution in [0.25, 0.3) is 28.2 Å². The third-order valence-electron chi connectivity index (χ3n) is 3.72. The van der Waals surface area contributed by atoms with Gasteiger partial charge in [-0.05, 0) is 24.3 Å². The van der Waals surface area contributed by atoms with Crippen molar-refractivity contribution in [3.63, 3.8) is 0 Å². The maximum absolute atomic E-state index is 5.91. The Labute approximate surface area is 133 Å². The molecule has 0 amide bonds. The van der Waals surface area contributed by atoms with E-state index in [0.717, 1.165) is 28.2 Å². The topological polar surface area (TPSA) is 82.2 Å². The highest BCUT2D eigenvalue weighted by Gasteiger charge is 2.11. The molecule has 0 unspecified atom stereocenters. The third kappa shape index (κ3) is 2.38. The predicted molar refractivity (Wildman–Crippen MR) is 92.7 cm³/mol. The van der Waals surface area contributed by atoms with Crippen molar-refractivity contribution in [2.24, 2.45) is 0 Å². The minimum atomic E-state index is 0.698. The van der Waals surface area contributed by atoms with E-state index < -0.39 is 0 Å². The molecular weight excluding hydrogens is 286 g/mol. The summed E-state index contributed by atoms with van der Waals surface area (Å²) in [6.45, 7) is 0. The Morgan fingerprint density at radius 3 is 2.30 bits per heavy atom. The summed E-state index contributed by atoms with van der Waals surface area (Å²) < 4.78 is 1.96. The summed E-state index contributed by atoms with van der Waals surface area (Å²) in [5, 5.41) is 0. The molecule has 2 heterocycles. The standard InChI is InChI=1S/C18H15N5/c19-14-5-1-3-12(9-14)16-11-23-8-7-21-18(23)17(22-16)13-4-2-6-15(20)10-13/h1-11H,19-20H2. The van der Waals surface area contributed by atoms with Crippen LogP contribution in [0.4, 0.5) is 11.4 Å². The Morgan fingerprint density at radius 1 is 0.870 bits per heavy atom. The third-order valence-corrected chi connectivity index (χ3v) is 3.72. The van der Waals surface area contributed by atoms with E-state index in [1.54, 1.807) is 6.20 Å². The van der Waals surface area contributed by atoms with Crippen molar-refractivity contribution in [3.05, 3.63) is 67.1 Å². The van der Waals surface area contributed by atoms with E-state index in [-0.39, 0.29) is 0 Å². The molecule has 0 radical (unpaired) electrons. The van der Waals surface area contributed by atoms with Crippen LogP contribution in [0.5, 0.6) is 0 Å². The molecule has 5 heteroatoms. The fraction of sp³-hybridized carbons (Fsp3) is 0. The van der Waals surface area contributed by atoms with E-state index in [9.17, 15) is 0 Å². The molecule has 112 valence electrons. The lowest BCUT2D eigenvalue weighted by Gasteiger charge is -2.09. The van der Waals surface area contributed by atoms with Gasteiger partial charge >= 0.3 is 0 Å². The van der Waals surface area contributed by atoms with Crippen molar-refractivity contribution in [3.8, 4) is 22.5 Å². The van der Waals surface area contributed by atoms with E-state index >= 15 is 0 Å². The van der Waals surface area contributed by atoms with Gasteiger partial charge in [0.15, 0.2) is 5.65 Å². The van der Waals surface area contributed by atoms with Crippen LogP contribution in [0.1, 0.15) is 0 Å². The predicted octanol–water partition coefficient (Wildman–Crippen LogP) is 3.23. The minimum Gasteiger partial charge on any atom is -0.399 e. The lowest BCUT2D eigenvalue weighted by molar-refractivity contribution is 1.13. The monoisotopic (exact) mass is 301 g/mol. The summed E-state index contributed by atoms with van der Waals surface area (Å²) in [6.07, 6.45) is 5.62. The van der Waals surface area contributed by atoms with Gasteiger partial charge in [-0.25, -0.2) is 9.97 Å². The molecule has 4 rings (SSSR count). The van der Waals surface area contributed by atoms with Crippen LogP contribution in [0.3, 0.4) is 0 Å². The summed E-state index contributed by atoms with van der Waals surface area (Å²) >= 11 is 0. The molecule has 0 saturated carbocycles. The van der Waals surface area contributed by atoms with Crippen molar-refractivity contribution in [1.82, 2.24) is 14.4 Å². The molecule has 2 aromatic heterocycles. The van der Waals surface area contributed by atoms with Crippen molar-refractivity contribution in [2.45, 2.75) is 0 Å². The van der Waals surface area contributed by atoms with Crippen LogP contribution in [-0.2, 0) is 0 Å². The van der Waals surface area contributed by atoms with Crippen molar-refractivity contribution in [1.29, 1.82) is 0 Å². The number of nitrogens with zero attached hydrogens (tertiary/aromatic N) is 3. The first kappa shape index (κ1) is 13.3. The molecule has 5 nitrogen and oxygen atoms in total. The Bertz CT molecular complexity index is 1000. The number of anilines is 2. The van der Waals surface area contributed by atoms with Gasteiger partial charge in [-0.2, -0.15) is 0 Å². The zero-order valence-electron chi connectivity index (χ0n) is 12.3. The van der Waals surface area contributed by atoms with Gasteiger partial charge in [0.05, 0.1) is 5.69 Å².